The van der Waals surface area contributed by atoms with Gasteiger partial charge in [0.25, 0.3) is 11.8 Å². The lowest BCUT2D eigenvalue weighted by Gasteiger charge is -2.23. The fourth-order valence-electron chi connectivity index (χ4n) is 3.50. The van der Waals surface area contributed by atoms with E-state index in [0.717, 1.165) is 29.8 Å². The van der Waals surface area contributed by atoms with Gasteiger partial charge >= 0.3 is 0 Å². The summed E-state index contributed by atoms with van der Waals surface area (Å²) in [5, 5.41) is 2.18. The fraction of sp³-hybridized carbons (Fsp3) is 0.136. The van der Waals surface area contributed by atoms with Gasteiger partial charge in [0.15, 0.2) is 0 Å². The van der Waals surface area contributed by atoms with Gasteiger partial charge in [-0.1, -0.05) is 24.3 Å². The number of para-hydroxylation sites is 2. The van der Waals surface area contributed by atoms with E-state index in [1.165, 1.54) is 24.4 Å². The number of amides is 2. The van der Waals surface area contributed by atoms with Crippen molar-refractivity contribution in [2.24, 2.45) is 0 Å². The van der Waals surface area contributed by atoms with E-state index in [4.69, 9.17) is 0 Å². The number of aromatic nitrogens is 1. The van der Waals surface area contributed by atoms with Crippen LogP contribution in [0, 0.1) is 11.6 Å². The lowest BCUT2D eigenvalue weighted by atomic mass is 10.1. The Morgan fingerprint density at radius 1 is 1.07 bits per heavy atom. The number of hydrogen-bond acceptors (Lipinski definition) is 3. The van der Waals surface area contributed by atoms with Gasteiger partial charge in [0.2, 0.25) is 0 Å². The number of hydrogen-bond donors (Lipinski definition) is 1. The first kappa shape index (κ1) is 18.7. The van der Waals surface area contributed by atoms with Gasteiger partial charge in [-0.15, -0.1) is 0 Å². The third-order valence-corrected chi connectivity index (χ3v) is 4.87. The van der Waals surface area contributed by atoms with E-state index in [1.807, 2.05) is 31.2 Å². The first-order valence-corrected chi connectivity index (χ1v) is 9.08. The van der Waals surface area contributed by atoms with Crippen LogP contribution in [0.25, 0.3) is 0 Å². The molecule has 146 valence electrons. The molecule has 1 aromatic heterocycles. The van der Waals surface area contributed by atoms with Crippen molar-refractivity contribution in [1.82, 2.24) is 4.98 Å². The Balaban J connectivity index is 1.61. The average Bonchev–Trinajstić information content (AvgIpc) is 3.06. The van der Waals surface area contributed by atoms with Crippen LogP contribution < -0.4 is 10.2 Å². The van der Waals surface area contributed by atoms with E-state index in [1.54, 1.807) is 4.90 Å². The first-order valence-electron chi connectivity index (χ1n) is 9.08. The average molecular weight is 393 g/mol. The van der Waals surface area contributed by atoms with Gasteiger partial charge in [0, 0.05) is 23.5 Å². The Morgan fingerprint density at radius 2 is 1.79 bits per heavy atom. The topological polar surface area (TPSA) is 62.3 Å². The molecule has 3 aromatic rings. The van der Waals surface area contributed by atoms with Crippen molar-refractivity contribution in [3.8, 4) is 0 Å². The molecule has 0 spiro atoms. The van der Waals surface area contributed by atoms with E-state index in [9.17, 15) is 18.4 Å². The lowest BCUT2D eigenvalue weighted by Crippen LogP contribution is -2.35. The second-order valence-corrected chi connectivity index (χ2v) is 6.84. The van der Waals surface area contributed by atoms with E-state index in [0.29, 0.717) is 0 Å². The highest BCUT2D eigenvalue weighted by molar-refractivity contribution is 6.10. The SMILES string of the molecule is CC1Cc2ccccc2N1C(=O)c1ccnc(C(=O)Nc2c(F)cccc2F)c1. The second-order valence-electron chi connectivity index (χ2n) is 6.84. The number of rotatable bonds is 3. The van der Waals surface area contributed by atoms with E-state index < -0.39 is 23.2 Å². The Kier molecular flexibility index (Phi) is 4.80. The molecule has 0 radical (unpaired) electrons. The third-order valence-electron chi connectivity index (χ3n) is 4.87. The number of benzene rings is 2. The third kappa shape index (κ3) is 3.47. The quantitative estimate of drug-likeness (QED) is 0.725. The van der Waals surface area contributed by atoms with Crippen molar-refractivity contribution in [2.45, 2.75) is 19.4 Å². The van der Waals surface area contributed by atoms with Crippen LogP contribution in [-0.4, -0.2) is 22.8 Å². The Hall–Kier alpha value is -3.61. The van der Waals surface area contributed by atoms with Crippen LogP contribution >= 0.6 is 0 Å². The summed E-state index contributed by atoms with van der Waals surface area (Å²) in [5.74, 6) is -2.87. The minimum Gasteiger partial charge on any atom is -0.316 e. The number of halogens is 2. The standard InChI is InChI=1S/C22H17F2N3O2/c1-13-11-14-5-2-3-8-19(14)27(13)22(29)15-9-10-25-18(12-15)21(28)26-20-16(23)6-4-7-17(20)24/h2-10,12-13H,11H2,1H3,(H,26,28). The molecule has 1 aliphatic heterocycles. The molecule has 7 heteroatoms. The van der Waals surface area contributed by atoms with Crippen molar-refractivity contribution in [3.05, 3.63) is 89.2 Å². The van der Waals surface area contributed by atoms with Crippen LogP contribution in [0.15, 0.2) is 60.8 Å². The zero-order valence-corrected chi connectivity index (χ0v) is 15.5. The minimum absolute atomic E-state index is 0.0298. The maximum absolute atomic E-state index is 13.8. The summed E-state index contributed by atoms with van der Waals surface area (Å²) in [6, 6.07) is 13.7. The second kappa shape index (κ2) is 7.43. The molecule has 1 N–H and O–H groups in total. The van der Waals surface area contributed by atoms with Crippen molar-refractivity contribution in [2.75, 3.05) is 10.2 Å². The lowest BCUT2D eigenvalue weighted by molar-refractivity contribution is 0.0981. The number of pyridine rings is 1. The van der Waals surface area contributed by atoms with Crippen molar-refractivity contribution in [1.29, 1.82) is 0 Å². The Bertz CT molecular complexity index is 1100. The molecule has 4 rings (SSSR count). The molecule has 2 heterocycles. The van der Waals surface area contributed by atoms with E-state index >= 15 is 0 Å². The monoisotopic (exact) mass is 393 g/mol. The summed E-state index contributed by atoms with van der Waals surface area (Å²) in [7, 11) is 0. The first-order chi connectivity index (χ1) is 14.0. The molecule has 1 atom stereocenters. The molecule has 0 saturated carbocycles. The van der Waals surface area contributed by atoms with Gasteiger partial charge in [0.1, 0.15) is 23.0 Å². The normalized spacial score (nSPS) is 15.1. The predicted molar refractivity (Wildman–Crippen MR) is 105 cm³/mol. The number of carbonyl (C=O) groups excluding carboxylic acids is 2. The maximum atomic E-state index is 13.8. The predicted octanol–water partition coefficient (Wildman–Crippen LogP) is 4.20. The van der Waals surface area contributed by atoms with E-state index in [-0.39, 0.29) is 23.2 Å². The summed E-state index contributed by atoms with van der Waals surface area (Å²) < 4.78 is 27.6. The van der Waals surface area contributed by atoms with Gasteiger partial charge in [-0.3, -0.25) is 14.6 Å². The molecule has 2 amide bonds. The zero-order chi connectivity index (χ0) is 20.5. The summed E-state index contributed by atoms with van der Waals surface area (Å²) >= 11 is 0. The molecule has 2 aromatic carbocycles. The van der Waals surface area contributed by atoms with Gasteiger partial charge in [-0.25, -0.2) is 8.78 Å². The number of anilines is 2. The van der Waals surface area contributed by atoms with Gasteiger partial charge in [0.05, 0.1) is 0 Å². The molecule has 5 nitrogen and oxygen atoms in total. The van der Waals surface area contributed by atoms with Gasteiger partial charge < -0.3 is 10.2 Å². The largest absolute Gasteiger partial charge is 0.316 e. The number of carbonyl (C=O) groups is 2. The molecule has 29 heavy (non-hydrogen) atoms. The van der Waals surface area contributed by atoms with Crippen LogP contribution in [0.1, 0.15) is 33.3 Å². The number of nitrogens with zero attached hydrogens (tertiary/aromatic N) is 2. The molecule has 0 fully saturated rings. The zero-order valence-electron chi connectivity index (χ0n) is 15.5. The molecule has 0 aliphatic carbocycles. The summed E-state index contributed by atoms with van der Waals surface area (Å²) in [6.07, 6.45) is 2.07. The molecule has 0 bridgehead atoms. The fourth-order valence-corrected chi connectivity index (χ4v) is 3.50. The number of nitrogens with one attached hydrogen (secondary N) is 1. The van der Waals surface area contributed by atoms with Crippen molar-refractivity contribution >= 4 is 23.2 Å². The molecular formula is C22H17F2N3O2. The minimum atomic E-state index is -0.895. The smallest absolute Gasteiger partial charge is 0.274 e. The molecule has 1 aliphatic rings. The van der Waals surface area contributed by atoms with Crippen molar-refractivity contribution < 1.29 is 18.4 Å². The highest BCUT2D eigenvalue weighted by Crippen LogP contribution is 2.33. The van der Waals surface area contributed by atoms with Gasteiger partial charge in [-0.05, 0) is 49.2 Å². The van der Waals surface area contributed by atoms with Crippen LogP contribution in [-0.2, 0) is 6.42 Å². The van der Waals surface area contributed by atoms with Gasteiger partial charge in [-0.2, -0.15) is 0 Å². The van der Waals surface area contributed by atoms with Crippen LogP contribution in [0.2, 0.25) is 0 Å². The van der Waals surface area contributed by atoms with Crippen LogP contribution in [0.3, 0.4) is 0 Å². The molecular weight excluding hydrogens is 376 g/mol. The summed E-state index contributed by atoms with van der Waals surface area (Å²) in [5.41, 5.74) is 1.51. The Labute approximate surface area is 166 Å². The maximum Gasteiger partial charge on any atom is 0.274 e. The number of fused-ring (bicyclic) bond motifs is 1. The summed E-state index contributed by atoms with van der Waals surface area (Å²) in [6.45, 7) is 1.95. The van der Waals surface area contributed by atoms with E-state index in [2.05, 4.69) is 10.3 Å². The summed E-state index contributed by atoms with van der Waals surface area (Å²) in [4.78, 5) is 31.2. The highest BCUT2D eigenvalue weighted by Gasteiger charge is 2.31. The van der Waals surface area contributed by atoms with Crippen LogP contribution in [0.5, 0.6) is 0 Å². The van der Waals surface area contributed by atoms with Crippen LogP contribution in [0.4, 0.5) is 20.2 Å². The van der Waals surface area contributed by atoms with Crippen molar-refractivity contribution in [3.63, 3.8) is 0 Å². The Morgan fingerprint density at radius 3 is 2.55 bits per heavy atom. The molecule has 1 unspecified atom stereocenters. The molecule has 0 saturated heterocycles. The highest BCUT2D eigenvalue weighted by atomic mass is 19.1.